The molecular weight excluding hydrogens is 644 g/mol. The number of Topliss-reactive ketones (excluding diaryl/α,β-unsaturated/α-hetero) is 1. The summed E-state index contributed by atoms with van der Waals surface area (Å²) in [4.78, 5) is 49.1. The van der Waals surface area contributed by atoms with E-state index >= 15 is 0 Å². The van der Waals surface area contributed by atoms with Crippen LogP contribution in [0.4, 0.5) is 11.4 Å². The number of guanidine groups is 1. The molecule has 0 radical (unpaired) electrons. The largest absolute Gasteiger partial charge is 0.497 e. The van der Waals surface area contributed by atoms with E-state index in [-0.39, 0.29) is 45.4 Å². The van der Waals surface area contributed by atoms with Crippen molar-refractivity contribution in [2.45, 2.75) is 13.3 Å². The van der Waals surface area contributed by atoms with E-state index < -0.39 is 33.7 Å². The van der Waals surface area contributed by atoms with Crippen molar-refractivity contribution in [3.63, 3.8) is 0 Å². The van der Waals surface area contributed by atoms with Crippen molar-refractivity contribution in [2.24, 2.45) is 5.73 Å². The molecule has 0 aromatic heterocycles. The standard InChI is InChI=1S/C24H20N4O6.C9H12O4S/c1-13(29)16-6-4-7-18(20(16)22(31)32)28-21(30)17-5-2-3-8-19(17)34-23(33)14-9-11-15(12-10-14)27-24(25)26;1-13-9-4-2-8(3-5-9)6-7-14(10,11)12/h2-12H,1H3,(H,28,30)(H,31,32)(H4,25,26,27);2-5H,6-7H2,1H3,(H,10,11,12). The fourth-order valence-corrected chi connectivity index (χ4v) is 4.65. The molecule has 0 spiro atoms. The number of nitrogens with two attached hydrogens (primary N) is 1. The van der Waals surface area contributed by atoms with Crippen LogP contribution in [0.2, 0.25) is 0 Å². The predicted molar refractivity (Wildman–Crippen MR) is 178 cm³/mol. The van der Waals surface area contributed by atoms with Crippen LogP contribution in [0.25, 0.3) is 0 Å². The number of hydrogen-bond donors (Lipinski definition) is 6. The lowest BCUT2D eigenvalue weighted by Crippen LogP contribution is -2.20. The van der Waals surface area contributed by atoms with Gasteiger partial charge in [-0.2, -0.15) is 8.42 Å². The zero-order chi connectivity index (χ0) is 35.4. The molecule has 4 rings (SSSR count). The van der Waals surface area contributed by atoms with Crippen molar-refractivity contribution >= 4 is 51.1 Å². The number of carboxylic acid groups (broad SMARTS) is 1. The van der Waals surface area contributed by atoms with Gasteiger partial charge in [-0.1, -0.05) is 36.4 Å². The number of ether oxygens (including phenoxy) is 2. The summed E-state index contributed by atoms with van der Waals surface area (Å²) in [5, 5.41) is 21.8. The highest BCUT2D eigenvalue weighted by atomic mass is 32.2. The number of benzene rings is 4. The Morgan fingerprint density at radius 2 is 1.48 bits per heavy atom. The summed E-state index contributed by atoms with van der Waals surface area (Å²) in [6.07, 6.45) is 0.308. The lowest BCUT2D eigenvalue weighted by atomic mass is 10.0. The normalized spacial score (nSPS) is 10.5. The maximum Gasteiger partial charge on any atom is 0.343 e. The second-order valence-electron chi connectivity index (χ2n) is 9.93. The summed E-state index contributed by atoms with van der Waals surface area (Å²) >= 11 is 0. The third-order valence-electron chi connectivity index (χ3n) is 6.45. The Hall–Kier alpha value is -6.06. The minimum absolute atomic E-state index is 0.0183. The van der Waals surface area contributed by atoms with E-state index in [2.05, 4.69) is 10.6 Å². The van der Waals surface area contributed by atoms with Crippen molar-refractivity contribution in [2.75, 3.05) is 23.5 Å². The molecule has 0 aliphatic heterocycles. The third kappa shape index (κ3) is 10.8. The van der Waals surface area contributed by atoms with Crippen molar-refractivity contribution in [3.8, 4) is 11.5 Å². The quantitative estimate of drug-likeness (QED) is 0.0322. The van der Waals surface area contributed by atoms with Gasteiger partial charge in [-0.25, -0.2) is 9.59 Å². The fraction of sp³-hybridized carbons (Fsp3) is 0.121. The zero-order valence-corrected chi connectivity index (χ0v) is 26.5. The lowest BCUT2D eigenvalue weighted by molar-refractivity contribution is 0.0691. The number of carboxylic acids is 1. The predicted octanol–water partition coefficient (Wildman–Crippen LogP) is 4.49. The Balaban J connectivity index is 0.000000373. The summed E-state index contributed by atoms with van der Waals surface area (Å²) in [6.45, 7) is 1.23. The molecule has 7 N–H and O–H groups in total. The van der Waals surface area contributed by atoms with E-state index in [4.69, 9.17) is 25.2 Å². The molecule has 0 aliphatic rings. The first-order chi connectivity index (χ1) is 22.7. The molecule has 0 saturated carbocycles. The number of para-hydroxylation sites is 1. The average molecular weight is 677 g/mol. The van der Waals surface area contributed by atoms with Gasteiger partial charge in [0, 0.05) is 11.3 Å². The average Bonchev–Trinajstić information content (AvgIpc) is 3.04. The Morgan fingerprint density at radius 3 is 2.04 bits per heavy atom. The summed E-state index contributed by atoms with van der Waals surface area (Å²) in [5.41, 5.74) is 6.34. The molecule has 1 amide bonds. The first kappa shape index (κ1) is 36.4. The minimum atomic E-state index is -3.87. The molecule has 48 heavy (non-hydrogen) atoms. The zero-order valence-electron chi connectivity index (χ0n) is 25.7. The third-order valence-corrected chi connectivity index (χ3v) is 7.17. The summed E-state index contributed by atoms with van der Waals surface area (Å²) in [6, 6.07) is 23.1. The molecule has 250 valence electrons. The van der Waals surface area contributed by atoms with Crippen LogP contribution in [-0.2, 0) is 16.5 Å². The first-order valence-electron chi connectivity index (χ1n) is 14.0. The molecule has 0 unspecified atom stereocenters. The molecule has 0 heterocycles. The van der Waals surface area contributed by atoms with E-state index in [1.54, 1.807) is 43.5 Å². The number of amides is 1. The smallest absolute Gasteiger partial charge is 0.343 e. The van der Waals surface area contributed by atoms with Gasteiger partial charge in [-0.05, 0) is 73.5 Å². The van der Waals surface area contributed by atoms with Gasteiger partial charge < -0.3 is 30.9 Å². The van der Waals surface area contributed by atoms with Gasteiger partial charge in [0.2, 0.25) is 0 Å². The van der Waals surface area contributed by atoms with Crippen LogP contribution in [0, 0.1) is 5.41 Å². The lowest BCUT2D eigenvalue weighted by Gasteiger charge is -2.13. The van der Waals surface area contributed by atoms with Crippen molar-refractivity contribution < 1.29 is 46.7 Å². The highest BCUT2D eigenvalue weighted by Crippen LogP contribution is 2.25. The maximum atomic E-state index is 12.9. The Kier molecular flexibility index (Phi) is 12.5. The maximum absolute atomic E-state index is 12.9. The molecule has 0 bridgehead atoms. The van der Waals surface area contributed by atoms with Gasteiger partial charge in [0.05, 0.1) is 35.2 Å². The molecular formula is C33H32N4O10S. The fourth-order valence-electron chi connectivity index (χ4n) is 4.16. The van der Waals surface area contributed by atoms with E-state index in [9.17, 15) is 32.7 Å². The highest BCUT2D eigenvalue weighted by molar-refractivity contribution is 7.85. The number of hydrogen-bond acceptors (Lipinski definition) is 9. The molecule has 0 atom stereocenters. The Labute approximate surface area is 275 Å². The van der Waals surface area contributed by atoms with Gasteiger partial charge in [0.1, 0.15) is 11.5 Å². The van der Waals surface area contributed by atoms with Gasteiger partial charge in [-0.3, -0.25) is 19.6 Å². The van der Waals surface area contributed by atoms with Gasteiger partial charge >= 0.3 is 11.9 Å². The first-order valence-corrected chi connectivity index (χ1v) is 15.6. The summed E-state index contributed by atoms with van der Waals surface area (Å²) in [5.74, 6) is -3.13. The van der Waals surface area contributed by atoms with Crippen LogP contribution in [0.3, 0.4) is 0 Å². The number of nitrogens with one attached hydrogen (secondary N) is 3. The van der Waals surface area contributed by atoms with Crippen LogP contribution in [0.15, 0.2) is 91.0 Å². The number of aryl methyl sites for hydroxylation is 1. The van der Waals surface area contributed by atoms with E-state index in [0.717, 1.165) is 11.3 Å². The van der Waals surface area contributed by atoms with Gasteiger partial charge in [0.25, 0.3) is 16.0 Å². The second-order valence-corrected chi connectivity index (χ2v) is 11.5. The van der Waals surface area contributed by atoms with Crippen LogP contribution >= 0.6 is 0 Å². The van der Waals surface area contributed by atoms with Gasteiger partial charge in [-0.15, -0.1) is 0 Å². The molecule has 0 aliphatic carbocycles. The number of aromatic carboxylic acids is 1. The Bertz CT molecular complexity index is 1930. The van der Waals surface area contributed by atoms with Crippen LogP contribution in [-0.4, -0.2) is 60.5 Å². The van der Waals surface area contributed by atoms with Crippen molar-refractivity contribution in [3.05, 3.63) is 119 Å². The summed E-state index contributed by atoms with van der Waals surface area (Å²) in [7, 11) is -2.31. The molecule has 15 heteroatoms. The van der Waals surface area contributed by atoms with E-state index in [1.807, 2.05) is 0 Å². The molecule has 14 nitrogen and oxygen atoms in total. The minimum Gasteiger partial charge on any atom is -0.497 e. The van der Waals surface area contributed by atoms with E-state index in [0.29, 0.717) is 12.1 Å². The monoisotopic (exact) mass is 676 g/mol. The molecule has 4 aromatic rings. The number of anilines is 2. The van der Waals surface area contributed by atoms with Crippen molar-refractivity contribution in [1.82, 2.24) is 0 Å². The molecule has 0 fully saturated rings. The summed E-state index contributed by atoms with van der Waals surface area (Å²) < 4.78 is 39.8. The van der Waals surface area contributed by atoms with Crippen LogP contribution in [0.1, 0.15) is 53.9 Å². The topological polar surface area (TPSA) is 235 Å². The number of carbonyl (C=O) groups excluding carboxylic acids is 3. The van der Waals surface area contributed by atoms with Gasteiger partial charge in [0.15, 0.2) is 11.7 Å². The molecule has 4 aromatic carbocycles. The van der Waals surface area contributed by atoms with Crippen molar-refractivity contribution in [1.29, 1.82) is 5.41 Å². The number of rotatable bonds is 11. The number of esters is 1. The highest BCUT2D eigenvalue weighted by Gasteiger charge is 2.22. The van der Waals surface area contributed by atoms with E-state index in [1.165, 1.54) is 61.5 Å². The van der Waals surface area contributed by atoms with Crippen LogP contribution < -0.4 is 25.8 Å². The SMILES string of the molecule is CC(=O)c1cccc(NC(=O)c2ccccc2OC(=O)c2ccc(NC(=N)N)cc2)c1C(=O)O.COc1ccc(CCS(=O)(=O)O)cc1. The second kappa shape index (κ2) is 16.5. The van der Waals surface area contributed by atoms with Crippen LogP contribution in [0.5, 0.6) is 11.5 Å². The Morgan fingerprint density at radius 1 is 0.854 bits per heavy atom. The molecule has 0 saturated heterocycles. The number of ketones is 1. The number of methoxy groups -OCH3 is 1. The number of carbonyl (C=O) groups is 4.